The second kappa shape index (κ2) is 6.03. The van der Waals surface area contributed by atoms with Crippen molar-refractivity contribution in [3.8, 4) is 6.07 Å². The maximum absolute atomic E-state index is 11.9. The summed E-state index contributed by atoms with van der Waals surface area (Å²) in [6.07, 6.45) is 0.281. The minimum atomic E-state index is -0.235. The van der Waals surface area contributed by atoms with Crippen molar-refractivity contribution in [1.82, 2.24) is 9.88 Å². The Bertz CT molecular complexity index is 456. The third-order valence-corrected chi connectivity index (χ3v) is 2.29. The smallest absolute Gasteiger partial charge is 0.253 e. The summed E-state index contributed by atoms with van der Waals surface area (Å²) in [4.78, 5) is 17.2. The highest BCUT2D eigenvalue weighted by Gasteiger charge is 2.13. The molecule has 6 nitrogen and oxygen atoms in total. The zero-order chi connectivity index (χ0) is 12.8. The number of anilines is 1. The van der Waals surface area contributed by atoms with E-state index in [4.69, 9.17) is 22.7 Å². The number of amides is 1. The van der Waals surface area contributed by atoms with Crippen LogP contribution in [0.3, 0.4) is 0 Å². The molecule has 0 aliphatic carbocycles. The predicted molar refractivity (Wildman–Crippen MR) is 64.2 cm³/mol. The van der Waals surface area contributed by atoms with Crippen molar-refractivity contribution in [2.45, 2.75) is 6.42 Å². The molecule has 1 rings (SSSR count). The molecule has 1 aromatic rings. The lowest BCUT2D eigenvalue weighted by Crippen LogP contribution is -2.27. The third kappa shape index (κ3) is 3.59. The lowest BCUT2D eigenvalue weighted by atomic mass is 10.2. The van der Waals surface area contributed by atoms with Gasteiger partial charge in [-0.1, -0.05) is 11.6 Å². The van der Waals surface area contributed by atoms with Gasteiger partial charge < -0.3 is 10.3 Å². The molecule has 0 bridgehead atoms. The van der Waals surface area contributed by atoms with Crippen molar-refractivity contribution in [3.05, 3.63) is 22.8 Å². The molecule has 90 valence electrons. The number of hydrogen-bond donors (Lipinski definition) is 2. The molecule has 0 atom stereocenters. The average Bonchev–Trinajstić information content (AvgIpc) is 2.34. The van der Waals surface area contributed by atoms with Gasteiger partial charge in [-0.25, -0.2) is 10.8 Å². The number of nitrogens with two attached hydrogens (primary N) is 1. The van der Waals surface area contributed by atoms with E-state index in [1.165, 1.54) is 17.0 Å². The van der Waals surface area contributed by atoms with Gasteiger partial charge in [-0.05, 0) is 12.1 Å². The van der Waals surface area contributed by atoms with E-state index in [9.17, 15) is 4.79 Å². The van der Waals surface area contributed by atoms with Crippen LogP contribution in [-0.2, 0) is 0 Å². The minimum Gasteiger partial charge on any atom is -0.341 e. The fourth-order valence-electron chi connectivity index (χ4n) is 1.23. The number of nitrogen functional groups attached to an aromatic ring is 1. The van der Waals surface area contributed by atoms with Crippen molar-refractivity contribution in [2.75, 3.05) is 19.0 Å². The second-order valence-electron chi connectivity index (χ2n) is 3.34. The predicted octanol–water partition coefficient (Wildman–Crippen LogP) is 1.01. The van der Waals surface area contributed by atoms with Crippen molar-refractivity contribution >= 4 is 23.3 Å². The Kier molecular flexibility index (Phi) is 4.69. The molecule has 0 fully saturated rings. The van der Waals surface area contributed by atoms with Crippen LogP contribution in [0.4, 0.5) is 5.82 Å². The molecule has 0 aromatic carbocycles. The summed E-state index contributed by atoms with van der Waals surface area (Å²) < 4.78 is 0. The summed E-state index contributed by atoms with van der Waals surface area (Å²) in [6, 6.07) is 4.92. The topological polar surface area (TPSA) is 95.0 Å². The van der Waals surface area contributed by atoms with Crippen molar-refractivity contribution in [1.29, 1.82) is 5.26 Å². The number of halogens is 1. The Labute approximate surface area is 104 Å². The standard InChI is InChI=1S/C10H12ClN5O/c1-16(4-2-3-12)10(17)7-5-8(11)14-9(6-7)15-13/h5-6H,2,4,13H2,1H3,(H,14,15). The van der Waals surface area contributed by atoms with Crippen molar-refractivity contribution in [2.24, 2.45) is 5.84 Å². The van der Waals surface area contributed by atoms with E-state index < -0.39 is 0 Å². The van der Waals surface area contributed by atoms with Crippen LogP contribution in [0.2, 0.25) is 5.15 Å². The molecule has 0 spiro atoms. The Balaban J connectivity index is 2.88. The fraction of sp³-hybridized carbons (Fsp3) is 0.300. The number of carbonyl (C=O) groups is 1. The van der Waals surface area contributed by atoms with Gasteiger partial charge in [0.05, 0.1) is 12.5 Å². The third-order valence-electron chi connectivity index (χ3n) is 2.09. The molecule has 0 aliphatic rings. The van der Waals surface area contributed by atoms with Crippen LogP contribution >= 0.6 is 11.6 Å². The molecule has 17 heavy (non-hydrogen) atoms. The van der Waals surface area contributed by atoms with Crippen molar-refractivity contribution < 1.29 is 4.79 Å². The summed E-state index contributed by atoms with van der Waals surface area (Å²) in [5.74, 6) is 5.28. The molecule has 0 aliphatic heterocycles. The number of pyridine rings is 1. The number of rotatable bonds is 4. The van der Waals surface area contributed by atoms with E-state index in [-0.39, 0.29) is 17.5 Å². The number of nitrogens with one attached hydrogen (secondary N) is 1. The fourth-order valence-corrected chi connectivity index (χ4v) is 1.44. The lowest BCUT2D eigenvalue weighted by molar-refractivity contribution is 0.0798. The van der Waals surface area contributed by atoms with Gasteiger partial charge in [-0.3, -0.25) is 4.79 Å². The molecule has 7 heteroatoms. The maximum Gasteiger partial charge on any atom is 0.253 e. The largest absolute Gasteiger partial charge is 0.341 e. The first-order valence-electron chi connectivity index (χ1n) is 4.85. The van der Waals surface area contributed by atoms with Crippen molar-refractivity contribution in [3.63, 3.8) is 0 Å². The number of nitrogens with zero attached hydrogens (tertiary/aromatic N) is 3. The molecule has 0 saturated heterocycles. The first-order chi connectivity index (χ1) is 8.08. The van der Waals surface area contributed by atoms with Crippen LogP contribution < -0.4 is 11.3 Å². The molecule has 0 radical (unpaired) electrons. The van der Waals surface area contributed by atoms with E-state index in [1.807, 2.05) is 6.07 Å². The van der Waals surface area contributed by atoms with E-state index in [0.717, 1.165) is 0 Å². The van der Waals surface area contributed by atoms with E-state index >= 15 is 0 Å². The highest BCUT2D eigenvalue weighted by molar-refractivity contribution is 6.29. The maximum atomic E-state index is 11.9. The molecular formula is C10H12ClN5O. The number of hydrogen-bond acceptors (Lipinski definition) is 5. The zero-order valence-electron chi connectivity index (χ0n) is 9.27. The summed E-state index contributed by atoms with van der Waals surface area (Å²) in [5, 5.41) is 8.63. The van der Waals surface area contributed by atoms with E-state index in [2.05, 4.69) is 10.4 Å². The zero-order valence-corrected chi connectivity index (χ0v) is 10.0. The Morgan fingerprint density at radius 3 is 3.00 bits per heavy atom. The van der Waals surface area contributed by atoms with Gasteiger partial charge in [0.25, 0.3) is 5.91 Å². The van der Waals surface area contributed by atoms with Gasteiger partial charge in [-0.2, -0.15) is 5.26 Å². The molecule has 0 unspecified atom stereocenters. The summed E-state index contributed by atoms with van der Waals surface area (Å²) in [7, 11) is 1.61. The van der Waals surface area contributed by atoms with Gasteiger partial charge in [-0.15, -0.1) is 0 Å². The number of aromatic nitrogens is 1. The van der Waals surface area contributed by atoms with Crippen LogP contribution in [0, 0.1) is 11.3 Å². The number of nitriles is 1. The van der Waals surface area contributed by atoms with Gasteiger partial charge >= 0.3 is 0 Å². The van der Waals surface area contributed by atoms with Crippen LogP contribution in [0.5, 0.6) is 0 Å². The Hall–Kier alpha value is -1.84. The monoisotopic (exact) mass is 253 g/mol. The highest BCUT2D eigenvalue weighted by atomic mass is 35.5. The van der Waals surface area contributed by atoms with Gasteiger partial charge in [0.1, 0.15) is 11.0 Å². The minimum absolute atomic E-state index is 0.178. The summed E-state index contributed by atoms with van der Waals surface area (Å²) in [6.45, 7) is 0.362. The molecular weight excluding hydrogens is 242 g/mol. The first-order valence-corrected chi connectivity index (χ1v) is 5.23. The first kappa shape index (κ1) is 13.2. The molecule has 1 aromatic heterocycles. The van der Waals surface area contributed by atoms with Gasteiger partial charge in [0.2, 0.25) is 0 Å². The Morgan fingerprint density at radius 1 is 1.71 bits per heavy atom. The van der Waals surface area contributed by atoms with Crippen LogP contribution in [0.1, 0.15) is 16.8 Å². The SMILES string of the molecule is CN(CCC#N)C(=O)c1cc(Cl)nc(NN)c1. The van der Waals surface area contributed by atoms with E-state index in [1.54, 1.807) is 7.05 Å². The molecule has 3 N–H and O–H groups in total. The van der Waals surface area contributed by atoms with Gasteiger partial charge in [0, 0.05) is 19.2 Å². The lowest BCUT2D eigenvalue weighted by Gasteiger charge is -2.15. The number of hydrazine groups is 1. The highest BCUT2D eigenvalue weighted by Crippen LogP contribution is 2.15. The van der Waals surface area contributed by atoms with Crippen LogP contribution in [0.15, 0.2) is 12.1 Å². The molecule has 0 saturated carbocycles. The summed E-state index contributed by atoms with van der Waals surface area (Å²) in [5.41, 5.74) is 2.70. The average molecular weight is 254 g/mol. The molecule has 1 amide bonds. The normalized spacial score (nSPS) is 9.53. The van der Waals surface area contributed by atoms with E-state index in [0.29, 0.717) is 17.9 Å². The number of carbonyl (C=O) groups excluding carboxylic acids is 1. The van der Waals surface area contributed by atoms with Gasteiger partial charge in [0.15, 0.2) is 0 Å². The summed E-state index contributed by atoms with van der Waals surface area (Å²) >= 11 is 5.75. The second-order valence-corrected chi connectivity index (χ2v) is 3.73. The van der Waals surface area contributed by atoms with Crippen LogP contribution in [0.25, 0.3) is 0 Å². The Morgan fingerprint density at radius 2 is 2.41 bits per heavy atom. The molecule has 1 heterocycles. The quantitative estimate of drug-likeness (QED) is 0.474. The van der Waals surface area contributed by atoms with Crippen LogP contribution in [-0.4, -0.2) is 29.4 Å².